The van der Waals surface area contributed by atoms with E-state index in [4.69, 9.17) is 4.74 Å². The van der Waals surface area contributed by atoms with Gasteiger partial charge in [0.05, 0.1) is 17.8 Å². The lowest BCUT2D eigenvalue weighted by Gasteiger charge is -2.16. The molecule has 0 fully saturated rings. The van der Waals surface area contributed by atoms with Gasteiger partial charge in [-0.3, -0.25) is 0 Å². The Hall–Kier alpha value is -1.46. The molecule has 0 saturated heterocycles. The highest BCUT2D eigenvalue weighted by Crippen LogP contribution is 2.26. The minimum absolute atomic E-state index is 0.0471. The van der Waals surface area contributed by atoms with Crippen LogP contribution in [-0.4, -0.2) is 18.6 Å². The van der Waals surface area contributed by atoms with Crippen LogP contribution in [0.5, 0.6) is 5.75 Å². The van der Waals surface area contributed by atoms with Gasteiger partial charge in [-0.2, -0.15) is 0 Å². The number of aromatic nitrogens is 1. The molecule has 0 radical (unpaired) electrons. The highest BCUT2D eigenvalue weighted by Gasteiger charge is 2.12. The van der Waals surface area contributed by atoms with E-state index in [-0.39, 0.29) is 11.9 Å². The first kappa shape index (κ1) is 14.9. The zero-order valence-electron chi connectivity index (χ0n) is 11.9. The summed E-state index contributed by atoms with van der Waals surface area (Å²) in [7, 11) is 1.85. The van der Waals surface area contributed by atoms with E-state index in [1.54, 1.807) is 17.4 Å². The fourth-order valence-electron chi connectivity index (χ4n) is 1.96. The second-order valence-electron chi connectivity index (χ2n) is 4.65. The van der Waals surface area contributed by atoms with Crippen LogP contribution < -0.4 is 10.1 Å². The number of nitrogens with one attached hydrogen (secondary N) is 1. The monoisotopic (exact) mass is 294 g/mol. The molecule has 0 bridgehead atoms. The maximum Gasteiger partial charge on any atom is 0.124 e. The first-order valence-corrected chi connectivity index (χ1v) is 7.48. The van der Waals surface area contributed by atoms with E-state index >= 15 is 0 Å². The molecule has 1 heterocycles. The first-order chi connectivity index (χ1) is 9.61. The SMILES string of the molecule is CNC(C)c1cc(F)ccc1OCCc1scnc1C. The van der Waals surface area contributed by atoms with Crippen LogP contribution >= 0.6 is 11.3 Å². The van der Waals surface area contributed by atoms with Gasteiger partial charge in [-0.25, -0.2) is 9.37 Å². The molecular formula is C15H19FN2OS. The molecule has 0 aliphatic heterocycles. The van der Waals surface area contributed by atoms with E-state index < -0.39 is 0 Å². The van der Waals surface area contributed by atoms with Gasteiger partial charge in [0.25, 0.3) is 0 Å². The van der Waals surface area contributed by atoms with E-state index in [1.807, 2.05) is 26.4 Å². The van der Waals surface area contributed by atoms with Crippen LogP contribution in [0.2, 0.25) is 0 Å². The minimum atomic E-state index is -0.243. The summed E-state index contributed by atoms with van der Waals surface area (Å²) in [5, 5.41) is 3.11. The quantitative estimate of drug-likeness (QED) is 0.885. The molecule has 108 valence electrons. The van der Waals surface area contributed by atoms with Crippen LogP contribution in [-0.2, 0) is 6.42 Å². The zero-order valence-corrected chi connectivity index (χ0v) is 12.8. The predicted molar refractivity (Wildman–Crippen MR) is 79.9 cm³/mol. The lowest BCUT2D eigenvalue weighted by atomic mass is 10.1. The molecule has 1 aromatic carbocycles. The molecule has 1 aromatic heterocycles. The van der Waals surface area contributed by atoms with Crippen molar-refractivity contribution in [2.45, 2.75) is 26.3 Å². The van der Waals surface area contributed by atoms with Gasteiger partial charge in [0.1, 0.15) is 11.6 Å². The third-order valence-electron chi connectivity index (χ3n) is 3.30. The number of rotatable bonds is 6. The van der Waals surface area contributed by atoms with Crippen molar-refractivity contribution in [3.05, 3.63) is 45.7 Å². The van der Waals surface area contributed by atoms with Crippen LogP contribution in [0.3, 0.4) is 0 Å². The smallest absolute Gasteiger partial charge is 0.124 e. The summed E-state index contributed by atoms with van der Waals surface area (Å²) in [4.78, 5) is 5.45. The molecular weight excluding hydrogens is 275 g/mol. The van der Waals surface area contributed by atoms with Crippen molar-refractivity contribution < 1.29 is 9.13 Å². The van der Waals surface area contributed by atoms with Crippen LogP contribution in [0, 0.1) is 12.7 Å². The summed E-state index contributed by atoms with van der Waals surface area (Å²) in [6.45, 7) is 4.55. The summed E-state index contributed by atoms with van der Waals surface area (Å²) >= 11 is 1.64. The largest absolute Gasteiger partial charge is 0.493 e. The van der Waals surface area contributed by atoms with Crippen LogP contribution in [0.4, 0.5) is 4.39 Å². The Morgan fingerprint density at radius 1 is 1.45 bits per heavy atom. The van der Waals surface area contributed by atoms with E-state index in [2.05, 4.69) is 10.3 Å². The van der Waals surface area contributed by atoms with Gasteiger partial charge in [0, 0.05) is 22.9 Å². The van der Waals surface area contributed by atoms with Gasteiger partial charge in [-0.15, -0.1) is 11.3 Å². The van der Waals surface area contributed by atoms with Crippen molar-refractivity contribution in [3.63, 3.8) is 0 Å². The first-order valence-electron chi connectivity index (χ1n) is 6.60. The number of ether oxygens (including phenoxy) is 1. The molecule has 2 rings (SSSR count). The number of aryl methyl sites for hydroxylation is 1. The van der Waals surface area contributed by atoms with Gasteiger partial charge < -0.3 is 10.1 Å². The van der Waals surface area contributed by atoms with E-state index in [0.29, 0.717) is 6.61 Å². The van der Waals surface area contributed by atoms with Crippen molar-refractivity contribution in [1.82, 2.24) is 10.3 Å². The molecule has 3 nitrogen and oxygen atoms in total. The van der Waals surface area contributed by atoms with Crippen molar-refractivity contribution in [1.29, 1.82) is 0 Å². The Kier molecular flexibility index (Phi) is 5.09. The highest BCUT2D eigenvalue weighted by molar-refractivity contribution is 7.09. The second-order valence-corrected chi connectivity index (χ2v) is 5.59. The molecule has 1 unspecified atom stereocenters. The topological polar surface area (TPSA) is 34.1 Å². The van der Waals surface area contributed by atoms with E-state index in [0.717, 1.165) is 23.4 Å². The van der Waals surface area contributed by atoms with Crippen molar-refractivity contribution in [3.8, 4) is 5.75 Å². The fraction of sp³-hybridized carbons (Fsp3) is 0.400. The molecule has 0 spiro atoms. The predicted octanol–water partition coefficient (Wildman–Crippen LogP) is 3.49. The minimum Gasteiger partial charge on any atom is -0.493 e. The van der Waals surface area contributed by atoms with Crippen molar-refractivity contribution in [2.24, 2.45) is 0 Å². The standard InChI is InChI=1S/C15H19FN2OS/c1-10(17-3)13-8-12(16)4-5-14(13)19-7-6-15-11(2)18-9-20-15/h4-5,8-10,17H,6-7H2,1-3H3. The summed E-state index contributed by atoms with van der Waals surface area (Å²) in [6, 6.07) is 4.69. The molecule has 1 atom stereocenters. The van der Waals surface area contributed by atoms with Crippen LogP contribution in [0.25, 0.3) is 0 Å². The van der Waals surface area contributed by atoms with Crippen molar-refractivity contribution in [2.75, 3.05) is 13.7 Å². The van der Waals surface area contributed by atoms with Crippen LogP contribution in [0.1, 0.15) is 29.1 Å². The molecule has 0 aliphatic rings. The van der Waals surface area contributed by atoms with Crippen LogP contribution in [0.15, 0.2) is 23.7 Å². The Morgan fingerprint density at radius 3 is 2.90 bits per heavy atom. The van der Waals surface area contributed by atoms with Gasteiger partial charge in [0.15, 0.2) is 0 Å². The molecule has 0 aliphatic carbocycles. The molecule has 0 saturated carbocycles. The number of thiazole rings is 1. The number of nitrogens with zero attached hydrogens (tertiary/aromatic N) is 1. The Balaban J connectivity index is 2.04. The van der Waals surface area contributed by atoms with E-state index in [9.17, 15) is 4.39 Å². The summed E-state index contributed by atoms with van der Waals surface area (Å²) in [5.41, 5.74) is 3.74. The average Bonchev–Trinajstić information content (AvgIpc) is 2.85. The van der Waals surface area contributed by atoms with Gasteiger partial charge in [-0.05, 0) is 39.1 Å². The van der Waals surface area contributed by atoms with Gasteiger partial charge in [0.2, 0.25) is 0 Å². The lowest BCUT2D eigenvalue weighted by Crippen LogP contribution is -2.14. The maximum absolute atomic E-state index is 13.4. The molecule has 1 N–H and O–H groups in total. The van der Waals surface area contributed by atoms with Crippen molar-refractivity contribution >= 4 is 11.3 Å². The van der Waals surface area contributed by atoms with Gasteiger partial charge in [-0.1, -0.05) is 0 Å². The number of benzene rings is 1. The average molecular weight is 294 g/mol. The molecule has 0 amide bonds. The van der Waals surface area contributed by atoms with Gasteiger partial charge >= 0.3 is 0 Å². The molecule has 2 aromatic rings. The number of hydrogen-bond donors (Lipinski definition) is 1. The number of halogens is 1. The summed E-state index contributed by atoms with van der Waals surface area (Å²) in [5.74, 6) is 0.489. The maximum atomic E-state index is 13.4. The summed E-state index contributed by atoms with van der Waals surface area (Å²) < 4.78 is 19.2. The Bertz CT molecular complexity index is 571. The molecule has 5 heteroatoms. The number of hydrogen-bond acceptors (Lipinski definition) is 4. The fourth-order valence-corrected chi connectivity index (χ4v) is 2.73. The lowest BCUT2D eigenvalue weighted by molar-refractivity contribution is 0.315. The normalized spacial score (nSPS) is 12.4. The Labute approximate surface area is 122 Å². The second kappa shape index (κ2) is 6.81. The third kappa shape index (κ3) is 3.55. The third-order valence-corrected chi connectivity index (χ3v) is 4.30. The highest BCUT2D eigenvalue weighted by atomic mass is 32.1. The zero-order chi connectivity index (χ0) is 14.5. The summed E-state index contributed by atoms with van der Waals surface area (Å²) in [6.07, 6.45) is 0.821. The molecule has 20 heavy (non-hydrogen) atoms. The van der Waals surface area contributed by atoms with E-state index in [1.165, 1.54) is 17.0 Å². The Morgan fingerprint density at radius 2 is 2.25 bits per heavy atom.